The Kier molecular flexibility index (Phi) is 7.29. The molecule has 0 spiro atoms. The average Bonchev–Trinajstić information content (AvgIpc) is 3.63. The van der Waals surface area contributed by atoms with Gasteiger partial charge in [-0.3, -0.25) is 0 Å². The van der Waals surface area contributed by atoms with E-state index in [1.54, 1.807) is 0 Å². The highest BCUT2D eigenvalue weighted by Crippen LogP contribution is 2.54. The highest BCUT2D eigenvalue weighted by molar-refractivity contribution is 7.20. The molecule has 3 heterocycles. The molecule has 11 rings (SSSR count). The number of rotatable bonds is 6. The second-order valence-corrected chi connectivity index (χ2v) is 18.2. The SMILES string of the molecule is c1ccc(-c2ccccc2B2c3ccccc3N3c4c(cc([Si](c5ccccc5)(c5ccccc5)c5ccccc5)cc42)Oc2oc4ccccc4c23)cc1. The van der Waals surface area contributed by atoms with Crippen molar-refractivity contribution in [3.63, 3.8) is 0 Å². The zero-order valence-corrected chi connectivity index (χ0v) is 31.0. The second kappa shape index (κ2) is 12.7. The van der Waals surface area contributed by atoms with E-state index in [0.29, 0.717) is 5.95 Å². The summed E-state index contributed by atoms with van der Waals surface area (Å²) in [7, 11) is -2.96. The van der Waals surface area contributed by atoms with Crippen LogP contribution in [0.4, 0.5) is 17.1 Å². The van der Waals surface area contributed by atoms with Crippen molar-refractivity contribution in [1.29, 1.82) is 0 Å². The lowest BCUT2D eigenvalue weighted by atomic mass is 9.34. The van der Waals surface area contributed by atoms with Crippen molar-refractivity contribution in [1.82, 2.24) is 0 Å². The van der Waals surface area contributed by atoms with E-state index in [1.807, 2.05) is 12.1 Å². The quantitative estimate of drug-likeness (QED) is 0.129. The van der Waals surface area contributed by atoms with Gasteiger partial charge in [-0.2, -0.15) is 0 Å². The van der Waals surface area contributed by atoms with Gasteiger partial charge in [0.2, 0.25) is 6.71 Å². The smallest absolute Gasteiger partial charge is 0.316 e. The standard InChI is InChI=1S/C50H34BNO2Si/c1-5-19-35(20-6-1)40-27-13-15-29-42(40)51-43-30-16-17-31-45(43)52-48-41-28-14-18-32-46(41)53-50(48)54-47-34-39(33-44(51)49(47)52)55(36-21-7-2-8-22-36,37-23-9-3-10-24-37)38-25-11-4-12-26-38/h1-34H. The molecule has 8 aromatic carbocycles. The molecule has 55 heavy (non-hydrogen) atoms. The third-order valence-corrected chi connectivity index (χ3v) is 16.3. The number of ether oxygens (including phenoxy) is 1. The van der Waals surface area contributed by atoms with Gasteiger partial charge in [-0.05, 0) is 67.1 Å². The van der Waals surface area contributed by atoms with Gasteiger partial charge in [0.15, 0.2) is 13.8 Å². The Morgan fingerprint density at radius 3 is 1.65 bits per heavy atom. The lowest BCUT2D eigenvalue weighted by molar-refractivity contribution is 0.358. The van der Waals surface area contributed by atoms with Crippen LogP contribution in [-0.4, -0.2) is 14.8 Å². The summed E-state index contributed by atoms with van der Waals surface area (Å²) in [6.45, 7) is -0.0881. The van der Waals surface area contributed by atoms with Crippen LogP contribution in [-0.2, 0) is 0 Å². The molecule has 5 heteroatoms. The fourth-order valence-electron chi connectivity index (χ4n) is 9.26. The molecular formula is C50H34BNO2Si. The zero-order chi connectivity index (χ0) is 36.3. The number of hydrogen-bond donors (Lipinski definition) is 0. The maximum absolute atomic E-state index is 7.08. The first-order valence-electron chi connectivity index (χ1n) is 18.9. The summed E-state index contributed by atoms with van der Waals surface area (Å²) in [5.41, 5.74) is 10.1. The molecule has 0 saturated carbocycles. The van der Waals surface area contributed by atoms with Crippen LogP contribution in [0.2, 0.25) is 0 Å². The summed E-state index contributed by atoms with van der Waals surface area (Å²) in [5.74, 6) is 1.32. The minimum Gasteiger partial charge on any atom is -0.424 e. The fraction of sp³-hybridized carbons (Fsp3) is 0. The van der Waals surface area contributed by atoms with Gasteiger partial charge in [-0.15, -0.1) is 0 Å². The van der Waals surface area contributed by atoms with E-state index < -0.39 is 8.07 Å². The van der Waals surface area contributed by atoms with Crippen molar-refractivity contribution < 1.29 is 9.15 Å². The van der Waals surface area contributed by atoms with Gasteiger partial charge in [0, 0.05) is 11.1 Å². The minimum absolute atomic E-state index is 0.0881. The number of para-hydroxylation sites is 2. The lowest BCUT2D eigenvalue weighted by Crippen LogP contribution is -2.75. The summed E-state index contributed by atoms with van der Waals surface area (Å²) in [4.78, 5) is 2.41. The van der Waals surface area contributed by atoms with Crippen LogP contribution in [0.25, 0.3) is 22.1 Å². The summed E-state index contributed by atoms with van der Waals surface area (Å²) in [6.07, 6.45) is 0. The third-order valence-electron chi connectivity index (χ3n) is 11.5. The molecular weight excluding hydrogens is 685 g/mol. The molecule has 0 radical (unpaired) electrons. The Hall–Kier alpha value is -6.82. The van der Waals surface area contributed by atoms with Gasteiger partial charge in [-0.1, -0.05) is 187 Å². The molecule has 2 aliphatic rings. The zero-order valence-electron chi connectivity index (χ0n) is 30.0. The van der Waals surface area contributed by atoms with Crippen LogP contribution >= 0.6 is 0 Å². The molecule has 258 valence electrons. The summed E-state index contributed by atoms with van der Waals surface area (Å²) in [6, 6.07) is 75.1. The Bertz CT molecular complexity index is 2760. The van der Waals surface area contributed by atoms with Gasteiger partial charge in [0.25, 0.3) is 0 Å². The molecule has 2 aliphatic heterocycles. The Morgan fingerprint density at radius 1 is 0.436 bits per heavy atom. The Balaban J connectivity index is 1.29. The summed E-state index contributed by atoms with van der Waals surface area (Å²) >= 11 is 0. The predicted molar refractivity (Wildman–Crippen MR) is 231 cm³/mol. The van der Waals surface area contributed by atoms with E-state index in [9.17, 15) is 0 Å². The van der Waals surface area contributed by atoms with E-state index in [4.69, 9.17) is 9.15 Å². The highest BCUT2D eigenvalue weighted by Gasteiger charge is 2.47. The Morgan fingerprint density at radius 2 is 0.982 bits per heavy atom. The van der Waals surface area contributed by atoms with Crippen molar-refractivity contribution in [2.45, 2.75) is 0 Å². The van der Waals surface area contributed by atoms with Crippen LogP contribution in [0.1, 0.15) is 0 Å². The topological polar surface area (TPSA) is 25.6 Å². The van der Waals surface area contributed by atoms with E-state index in [2.05, 4.69) is 199 Å². The number of furan rings is 1. The van der Waals surface area contributed by atoms with Gasteiger partial charge >= 0.3 is 5.95 Å². The maximum atomic E-state index is 7.08. The molecule has 1 aromatic heterocycles. The van der Waals surface area contributed by atoms with Crippen LogP contribution in [0.15, 0.2) is 211 Å². The number of fused-ring (bicyclic) bond motifs is 6. The van der Waals surface area contributed by atoms with Gasteiger partial charge < -0.3 is 14.1 Å². The number of hydrogen-bond acceptors (Lipinski definition) is 3. The minimum atomic E-state index is -2.96. The molecule has 0 saturated heterocycles. The van der Waals surface area contributed by atoms with Crippen molar-refractivity contribution >= 4 is 80.0 Å². The largest absolute Gasteiger partial charge is 0.424 e. The molecule has 0 amide bonds. The molecule has 0 bridgehead atoms. The maximum Gasteiger partial charge on any atom is 0.316 e. The van der Waals surface area contributed by atoms with Gasteiger partial charge in [0.1, 0.15) is 11.3 Å². The molecule has 0 N–H and O–H groups in total. The first-order chi connectivity index (χ1) is 27.3. The van der Waals surface area contributed by atoms with Crippen LogP contribution < -0.4 is 46.8 Å². The highest BCUT2D eigenvalue weighted by atomic mass is 28.3. The predicted octanol–water partition coefficient (Wildman–Crippen LogP) is 7.88. The van der Waals surface area contributed by atoms with Crippen molar-refractivity contribution in [3.05, 3.63) is 206 Å². The monoisotopic (exact) mass is 719 g/mol. The van der Waals surface area contributed by atoms with E-state index >= 15 is 0 Å². The number of anilines is 3. The number of nitrogens with zero attached hydrogens (tertiary/aromatic N) is 1. The van der Waals surface area contributed by atoms with Crippen molar-refractivity contribution in [2.24, 2.45) is 0 Å². The normalized spacial score (nSPS) is 12.8. The molecule has 0 unspecified atom stereocenters. The van der Waals surface area contributed by atoms with E-state index in [-0.39, 0.29) is 6.71 Å². The first kappa shape index (κ1) is 31.7. The molecule has 0 atom stereocenters. The second-order valence-electron chi connectivity index (χ2n) is 14.4. The third kappa shape index (κ3) is 4.76. The van der Waals surface area contributed by atoms with Gasteiger partial charge in [-0.25, -0.2) is 0 Å². The molecule has 0 fully saturated rings. The van der Waals surface area contributed by atoms with Crippen molar-refractivity contribution in [2.75, 3.05) is 4.90 Å². The van der Waals surface area contributed by atoms with Crippen molar-refractivity contribution in [3.8, 4) is 22.8 Å². The van der Waals surface area contributed by atoms with Crippen LogP contribution in [0, 0.1) is 0 Å². The average molecular weight is 720 g/mol. The van der Waals surface area contributed by atoms with Crippen LogP contribution in [0.3, 0.4) is 0 Å². The van der Waals surface area contributed by atoms with E-state index in [1.165, 1.54) is 48.3 Å². The summed E-state index contributed by atoms with van der Waals surface area (Å²) < 4.78 is 13.7. The number of benzene rings is 8. The van der Waals surface area contributed by atoms with Crippen LogP contribution in [0.5, 0.6) is 11.7 Å². The van der Waals surface area contributed by atoms with E-state index in [0.717, 1.165) is 33.8 Å². The lowest BCUT2D eigenvalue weighted by Gasteiger charge is -2.42. The molecule has 3 nitrogen and oxygen atoms in total. The molecule has 0 aliphatic carbocycles. The molecule has 9 aromatic rings. The first-order valence-corrected chi connectivity index (χ1v) is 20.9. The summed E-state index contributed by atoms with van der Waals surface area (Å²) in [5, 5.41) is 6.22. The fourth-order valence-corrected chi connectivity index (χ4v) is 14.1. The Labute approximate surface area is 321 Å². The van der Waals surface area contributed by atoms with Gasteiger partial charge in [0.05, 0.1) is 5.69 Å².